The number of thiocarbonyl (C=S) groups is 1. The Morgan fingerprint density at radius 3 is 2.58 bits per heavy atom. The smallest absolute Gasteiger partial charge is 0.166 e. The molecule has 1 aromatic heterocycles. The number of nitrogens with one attached hydrogen (secondary N) is 2. The summed E-state index contributed by atoms with van der Waals surface area (Å²) in [6.45, 7) is 3.23. The Morgan fingerprint density at radius 1 is 1.21 bits per heavy atom. The second kappa shape index (κ2) is 8.97. The molecule has 0 radical (unpaired) electrons. The number of aromatic nitrogens is 1. The van der Waals surface area contributed by atoms with Crippen molar-refractivity contribution in [2.45, 2.75) is 18.8 Å². The summed E-state index contributed by atoms with van der Waals surface area (Å²) in [7, 11) is 0. The molecule has 0 saturated heterocycles. The van der Waals surface area contributed by atoms with Crippen molar-refractivity contribution in [2.75, 3.05) is 19.7 Å². The summed E-state index contributed by atoms with van der Waals surface area (Å²) in [5, 5.41) is 17.4. The van der Waals surface area contributed by atoms with Gasteiger partial charge in [0.2, 0.25) is 0 Å². The van der Waals surface area contributed by atoms with Crippen molar-refractivity contribution in [1.29, 1.82) is 0 Å². The molecule has 0 aliphatic carbocycles. The predicted molar refractivity (Wildman–Crippen MR) is 102 cm³/mol. The van der Waals surface area contributed by atoms with Gasteiger partial charge in [-0.2, -0.15) is 0 Å². The zero-order valence-corrected chi connectivity index (χ0v) is 15.2. The topological polar surface area (TPSA) is 57.2 Å². The fourth-order valence-electron chi connectivity index (χ4n) is 2.29. The quantitative estimate of drug-likeness (QED) is 0.660. The molecule has 2 rings (SSSR count). The van der Waals surface area contributed by atoms with Crippen LogP contribution in [0.5, 0.6) is 0 Å². The Morgan fingerprint density at radius 2 is 1.96 bits per heavy atom. The summed E-state index contributed by atoms with van der Waals surface area (Å²) < 4.78 is 0. The Balaban J connectivity index is 1.81. The van der Waals surface area contributed by atoms with Crippen molar-refractivity contribution in [3.63, 3.8) is 0 Å². The monoisotopic (exact) mass is 363 g/mol. The maximum atomic E-state index is 9.80. The van der Waals surface area contributed by atoms with Gasteiger partial charge in [0.05, 0.1) is 6.61 Å². The average Bonchev–Trinajstić information content (AvgIpc) is 2.61. The van der Waals surface area contributed by atoms with Crippen LogP contribution in [0, 0.1) is 0 Å². The minimum Gasteiger partial charge on any atom is -0.395 e. The zero-order chi connectivity index (χ0) is 17.4. The molecule has 3 N–H and O–H groups in total. The highest BCUT2D eigenvalue weighted by Crippen LogP contribution is 2.24. The van der Waals surface area contributed by atoms with Gasteiger partial charge in [-0.25, -0.2) is 0 Å². The van der Waals surface area contributed by atoms with Gasteiger partial charge in [0.1, 0.15) is 0 Å². The first-order valence-corrected chi connectivity index (χ1v) is 8.61. The van der Waals surface area contributed by atoms with Gasteiger partial charge < -0.3 is 15.7 Å². The summed E-state index contributed by atoms with van der Waals surface area (Å²) in [4.78, 5) is 4.27. The number of halogens is 1. The minimum atomic E-state index is -0.433. The van der Waals surface area contributed by atoms with E-state index >= 15 is 0 Å². The largest absolute Gasteiger partial charge is 0.395 e. The van der Waals surface area contributed by atoms with Gasteiger partial charge in [-0.1, -0.05) is 36.7 Å². The molecule has 1 atom stereocenters. The molecule has 0 aliphatic rings. The summed E-state index contributed by atoms with van der Waals surface area (Å²) >= 11 is 11.2. The van der Waals surface area contributed by atoms with E-state index in [0.717, 1.165) is 17.7 Å². The highest BCUT2D eigenvalue weighted by molar-refractivity contribution is 7.80. The van der Waals surface area contributed by atoms with Crippen molar-refractivity contribution < 1.29 is 5.11 Å². The van der Waals surface area contributed by atoms with Crippen molar-refractivity contribution >= 4 is 28.9 Å². The summed E-state index contributed by atoms with van der Waals surface area (Å²) in [5.74, 6) is 0. The minimum absolute atomic E-state index is 0.0121. The normalized spacial score (nSPS) is 13.1. The lowest BCUT2D eigenvalue weighted by molar-refractivity contribution is 0.206. The van der Waals surface area contributed by atoms with Gasteiger partial charge in [-0.05, 0) is 42.0 Å². The third-order valence-electron chi connectivity index (χ3n) is 3.92. The van der Waals surface area contributed by atoms with Crippen LogP contribution in [-0.2, 0) is 11.8 Å². The molecule has 0 amide bonds. The number of hydrogen-bond acceptors (Lipinski definition) is 3. The van der Waals surface area contributed by atoms with E-state index in [2.05, 4.69) is 15.6 Å². The van der Waals surface area contributed by atoms with E-state index in [4.69, 9.17) is 23.8 Å². The number of nitrogens with zero attached hydrogens (tertiary/aromatic N) is 1. The van der Waals surface area contributed by atoms with E-state index < -0.39 is 5.41 Å². The van der Waals surface area contributed by atoms with Crippen molar-refractivity contribution in [2.24, 2.45) is 0 Å². The molecular weight excluding hydrogens is 342 g/mol. The van der Waals surface area contributed by atoms with Crippen LogP contribution in [0.25, 0.3) is 0 Å². The summed E-state index contributed by atoms with van der Waals surface area (Å²) in [6, 6.07) is 13.4. The van der Waals surface area contributed by atoms with Crippen molar-refractivity contribution in [3.05, 3.63) is 64.9 Å². The molecule has 1 unspecified atom stereocenters. The van der Waals surface area contributed by atoms with E-state index in [-0.39, 0.29) is 6.61 Å². The van der Waals surface area contributed by atoms with E-state index in [1.807, 2.05) is 49.4 Å². The second-order valence-corrected chi connectivity index (χ2v) is 6.75. The predicted octanol–water partition coefficient (Wildman–Crippen LogP) is 2.69. The van der Waals surface area contributed by atoms with Gasteiger partial charge in [-0.15, -0.1) is 0 Å². The van der Waals surface area contributed by atoms with Crippen LogP contribution in [0.4, 0.5) is 0 Å². The number of benzene rings is 1. The number of aliphatic hydroxyl groups is 1. The maximum Gasteiger partial charge on any atom is 0.166 e. The first kappa shape index (κ1) is 18.6. The van der Waals surface area contributed by atoms with Gasteiger partial charge in [-0.3, -0.25) is 4.98 Å². The van der Waals surface area contributed by atoms with Crippen LogP contribution >= 0.6 is 23.8 Å². The van der Waals surface area contributed by atoms with E-state index in [1.165, 1.54) is 0 Å². The third-order valence-corrected chi connectivity index (χ3v) is 4.46. The van der Waals surface area contributed by atoms with Crippen molar-refractivity contribution in [1.82, 2.24) is 15.6 Å². The van der Waals surface area contributed by atoms with Gasteiger partial charge in [0.25, 0.3) is 0 Å². The highest BCUT2D eigenvalue weighted by Gasteiger charge is 2.26. The number of pyridine rings is 1. The molecular formula is C18H22ClN3OS. The maximum absolute atomic E-state index is 9.80. The van der Waals surface area contributed by atoms with Gasteiger partial charge in [0, 0.05) is 41.8 Å². The lowest BCUT2D eigenvalue weighted by Crippen LogP contribution is -2.45. The molecule has 1 heterocycles. The molecule has 0 aliphatic heterocycles. The molecule has 0 fully saturated rings. The molecule has 24 heavy (non-hydrogen) atoms. The molecule has 128 valence electrons. The van der Waals surface area contributed by atoms with E-state index in [0.29, 0.717) is 23.2 Å². The fourth-order valence-corrected chi connectivity index (χ4v) is 2.59. The van der Waals surface area contributed by atoms with Crippen LogP contribution in [0.3, 0.4) is 0 Å². The van der Waals surface area contributed by atoms with Crippen LogP contribution < -0.4 is 10.6 Å². The summed E-state index contributed by atoms with van der Waals surface area (Å²) in [6.07, 6.45) is 2.59. The Kier molecular flexibility index (Phi) is 6.97. The molecule has 0 saturated carbocycles. The summed E-state index contributed by atoms with van der Waals surface area (Å²) in [5.41, 5.74) is 1.60. The zero-order valence-electron chi connectivity index (χ0n) is 13.6. The Hall–Kier alpha value is -1.69. The Labute approximate surface area is 153 Å². The van der Waals surface area contributed by atoms with Gasteiger partial charge >= 0.3 is 0 Å². The molecule has 1 aromatic carbocycles. The van der Waals surface area contributed by atoms with Crippen LogP contribution in [0.1, 0.15) is 18.2 Å². The van der Waals surface area contributed by atoms with E-state index in [1.54, 1.807) is 6.20 Å². The van der Waals surface area contributed by atoms with Crippen LogP contribution in [-0.4, -0.2) is 34.9 Å². The first-order valence-electron chi connectivity index (χ1n) is 7.82. The standard InChI is InChI=1S/C18H22ClN3OS/c1-18(13-23,14-5-7-15(19)8-6-14)12-22-17(24)21-11-9-16-4-2-3-10-20-16/h2-8,10,23H,9,11-13H2,1H3,(H2,21,22,24). The highest BCUT2D eigenvalue weighted by atomic mass is 35.5. The number of hydrogen-bond donors (Lipinski definition) is 3. The molecule has 0 bridgehead atoms. The van der Waals surface area contributed by atoms with E-state index in [9.17, 15) is 5.11 Å². The molecule has 2 aromatic rings. The first-order chi connectivity index (χ1) is 11.5. The van der Waals surface area contributed by atoms with Crippen LogP contribution in [0.15, 0.2) is 48.7 Å². The average molecular weight is 364 g/mol. The Bertz CT molecular complexity index is 651. The fraction of sp³-hybridized carbons (Fsp3) is 0.333. The molecule has 6 heteroatoms. The van der Waals surface area contributed by atoms with Crippen molar-refractivity contribution in [3.8, 4) is 0 Å². The van der Waals surface area contributed by atoms with Gasteiger partial charge in [0.15, 0.2) is 5.11 Å². The number of rotatable bonds is 7. The molecule has 0 spiro atoms. The number of aliphatic hydroxyl groups excluding tert-OH is 1. The lowest BCUT2D eigenvalue weighted by atomic mass is 9.83. The van der Waals surface area contributed by atoms with Crippen LogP contribution in [0.2, 0.25) is 5.02 Å². The SMILES string of the molecule is CC(CO)(CNC(=S)NCCc1ccccn1)c1ccc(Cl)cc1. The second-order valence-electron chi connectivity index (χ2n) is 5.91. The lowest BCUT2D eigenvalue weighted by Gasteiger charge is -2.29. The third kappa shape index (κ3) is 5.44. The molecule has 4 nitrogen and oxygen atoms in total.